The number of nitrogens with zero attached hydrogens (tertiary/aromatic N) is 2. The molecule has 2 aromatic carbocycles. The van der Waals surface area contributed by atoms with E-state index in [9.17, 15) is 19.5 Å². The van der Waals surface area contributed by atoms with Gasteiger partial charge in [0, 0.05) is 29.7 Å². The number of carboxylic acids is 1. The van der Waals surface area contributed by atoms with E-state index < -0.39 is 47.2 Å². The van der Waals surface area contributed by atoms with E-state index >= 15 is 0 Å². The topological polar surface area (TPSA) is 127 Å². The molecule has 234 valence electrons. The number of benzene rings is 2. The van der Waals surface area contributed by atoms with E-state index in [0.717, 1.165) is 16.9 Å². The van der Waals surface area contributed by atoms with Crippen molar-refractivity contribution in [3.8, 4) is 34.0 Å². The fourth-order valence-electron chi connectivity index (χ4n) is 5.03. The fraction of sp³-hybridized carbons (Fsp3) is 0.412. The molecule has 1 aliphatic heterocycles. The Morgan fingerprint density at radius 1 is 0.909 bits per heavy atom. The number of amides is 2. The Morgan fingerprint density at radius 3 is 2.02 bits per heavy atom. The molecule has 1 aromatic heterocycles. The second kappa shape index (κ2) is 13.0. The number of rotatable bonds is 8. The first-order valence-corrected chi connectivity index (χ1v) is 14.6. The molecule has 1 saturated heterocycles. The molecular weight excluding hydrogens is 562 g/mol. The average Bonchev–Trinajstić information content (AvgIpc) is 3.38. The lowest BCUT2D eigenvalue weighted by atomic mass is 9.85. The molecule has 1 fully saturated rings. The summed E-state index contributed by atoms with van der Waals surface area (Å²) in [5.74, 6) is -0.449. The highest BCUT2D eigenvalue weighted by molar-refractivity contribution is 5.90. The van der Waals surface area contributed by atoms with E-state index in [1.807, 2.05) is 60.7 Å². The van der Waals surface area contributed by atoms with Crippen molar-refractivity contribution in [2.45, 2.75) is 71.8 Å². The molecule has 0 spiro atoms. The quantitative estimate of drug-likeness (QED) is 0.331. The van der Waals surface area contributed by atoms with Gasteiger partial charge in [-0.15, -0.1) is 0 Å². The van der Waals surface area contributed by atoms with Crippen LogP contribution in [0.1, 0.15) is 48.0 Å². The molecule has 0 radical (unpaired) electrons. The van der Waals surface area contributed by atoms with Gasteiger partial charge in [-0.05, 0) is 50.5 Å². The third kappa shape index (κ3) is 8.06. The minimum absolute atomic E-state index is 0.0270. The molecule has 2 amide bonds. The predicted molar refractivity (Wildman–Crippen MR) is 166 cm³/mol. The Hall–Kier alpha value is -4.60. The van der Waals surface area contributed by atoms with E-state index in [1.54, 1.807) is 54.7 Å². The zero-order valence-electron chi connectivity index (χ0n) is 26.3. The lowest BCUT2D eigenvalue weighted by molar-refractivity contribution is -0.150. The first kappa shape index (κ1) is 32.3. The van der Waals surface area contributed by atoms with E-state index in [2.05, 4.69) is 5.32 Å². The molecule has 10 heteroatoms. The molecular formula is C34H41N3O7. The molecule has 0 bridgehead atoms. The average molecular weight is 604 g/mol. The van der Waals surface area contributed by atoms with Crippen LogP contribution in [0.3, 0.4) is 0 Å². The summed E-state index contributed by atoms with van der Waals surface area (Å²) in [7, 11) is 1.60. The summed E-state index contributed by atoms with van der Waals surface area (Å²) in [5, 5.41) is 12.8. The molecule has 0 saturated carbocycles. The number of alkyl carbamates (subject to hydrolysis) is 1. The van der Waals surface area contributed by atoms with Crippen LogP contribution in [0.2, 0.25) is 0 Å². The van der Waals surface area contributed by atoms with Gasteiger partial charge in [0.2, 0.25) is 5.91 Å². The van der Waals surface area contributed by atoms with Crippen molar-refractivity contribution in [1.82, 2.24) is 15.2 Å². The number of hydrogen-bond donors (Lipinski definition) is 2. The van der Waals surface area contributed by atoms with Crippen molar-refractivity contribution in [3.63, 3.8) is 0 Å². The molecule has 3 atom stereocenters. The summed E-state index contributed by atoms with van der Waals surface area (Å²) >= 11 is 0. The highest BCUT2D eigenvalue weighted by Crippen LogP contribution is 2.33. The van der Waals surface area contributed by atoms with Gasteiger partial charge in [-0.2, -0.15) is 0 Å². The van der Waals surface area contributed by atoms with Gasteiger partial charge in [0.25, 0.3) is 0 Å². The van der Waals surface area contributed by atoms with E-state index in [0.29, 0.717) is 17.1 Å². The van der Waals surface area contributed by atoms with Gasteiger partial charge in [0.05, 0.1) is 25.0 Å². The van der Waals surface area contributed by atoms with Crippen molar-refractivity contribution < 1.29 is 33.7 Å². The van der Waals surface area contributed by atoms with E-state index in [4.69, 9.17) is 19.2 Å². The number of carbonyl (C=O) groups is 3. The van der Waals surface area contributed by atoms with Crippen molar-refractivity contribution in [2.24, 2.45) is 5.41 Å². The van der Waals surface area contributed by atoms with Crippen LogP contribution >= 0.6 is 0 Å². The Kier molecular flexibility index (Phi) is 9.51. The number of likely N-dealkylation sites (tertiary alicyclic amines) is 1. The summed E-state index contributed by atoms with van der Waals surface area (Å²) in [4.78, 5) is 45.0. The normalized spacial score (nSPS) is 17.5. The maximum Gasteiger partial charge on any atom is 0.408 e. The molecule has 2 heterocycles. The second-order valence-electron chi connectivity index (χ2n) is 12.9. The SMILES string of the molecule is COc1ccc(-c2cc(O[C@@H]3C[C@@H](C(=O)O)N(C(=O)C(NC(=O)OC(C)(C)C)C(C)(C)C)C3)cc(-c3ccccc3)n2)cc1. The molecule has 44 heavy (non-hydrogen) atoms. The van der Waals surface area contributed by atoms with Crippen molar-refractivity contribution in [2.75, 3.05) is 13.7 Å². The van der Waals surface area contributed by atoms with Gasteiger partial charge in [0.15, 0.2) is 0 Å². The zero-order chi connectivity index (χ0) is 32.2. The Balaban J connectivity index is 1.62. The lowest BCUT2D eigenvalue weighted by Gasteiger charge is -2.35. The molecule has 10 nitrogen and oxygen atoms in total. The summed E-state index contributed by atoms with van der Waals surface area (Å²) in [5.41, 5.74) is 1.60. The molecule has 2 N–H and O–H groups in total. The van der Waals surface area contributed by atoms with Crippen LogP contribution in [0, 0.1) is 5.41 Å². The first-order chi connectivity index (χ1) is 20.6. The summed E-state index contributed by atoms with van der Waals surface area (Å²) < 4.78 is 17.1. The van der Waals surface area contributed by atoms with Crippen molar-refractivity contribution in [3.05, 3.63) is 66.7 Å². The molecule has 1 aliphatic rings. The van der Waals surface area contributed by atoms with Crippen LogP contribution in [0.5, 0.6) is 11.5 Å². The lowest BCUT2D eigenvalue weighted by Crippen LogP contribution is -2.57. The van der Waals surface area contributed by atoms with Gasteiger partial charge in [-0.25, -0.2) is 14.6 Å². The largest absolute Gasteiger partial charge is 0.497 e. The van der Waals surface area contributed by atoms with Crippen molar-refractivity contribution >= 4 is 18.0 Å². The monoisotopic (exact) mass is 603 g/mol. The van der Waals surface area contributed by atoms with Gasteiger partial charge >= 0.3 is 12.1 Å². The smallest absolute Gasteiger partial charge is 0.408 e. The third-order valence-electron chi connectivity index (χ3n) is 7.16. The van der Waals surface area contributed by atoms with Crippen LogP contribution in [-0.4, -0.2) is 70.4 Å². The molecule has 3 aromatic rings. The number of aliphatic carboxylic acids is 1. The van der Waals surface area contributed by atoms with Crippen LogP contribution in [0.4, 0.5) is 4.79 Å². The van der Waals surface area contributed by atoms with Crippen LogP contribution < -0.4 is 14.8 Å². The van der Waals surface area contributed by atoms with Crippen LogP contribution in [-0.2, 0) is 14.3 Å². The zero-order valence-corrected chi connectivity index (χ0v) is 26.3. The predicted octanol–water partition coefficient (Wildman–Crippen LogP) is 5.80. The Labute approximate surface area is 258 Å². The summed E-state index contributed by atoms with van der Waals surface area (Å²) in [6.07, 6.45) is -1.29. The number of carboxylic acid groups (broad SMARTS) is 1. The van der Waals surface area contributed by atoms with Gasteiger partial charge in [0.1, 0.15) is 35.3 Å². The Bertz CT molecular complexity index is 1480. The van der Waals surface area contributed by atoms with Gasteiger partial charge < -0.3 is 29.5 Å². The number of nitrogens with one attached hydrogen (secondary N) is 1. The standard InChI is InChI=1S/C34H41N3O7/c1-33(2,3)29(36-32(41)44-34(4,5)6)30(38)37-20-25(19-28(37)31(39)40)43-24-17-26(21-11-9-8-10-12-21)35-27(18-24)22-13-15-23(42-7)16-14-22/h8-18,25,28-29H,19-20H2,1-7H3,(H,36,41)(H,39,40)/t25-,28+,29?/m1/s1. The second-order valence-corrected chi connectivity index (χ2v) is 12.9. The Morgan fingerprint density at radius 2 is 1.50 bits per heavy atom. The van der Waals surface area contributed by atoms with E-state index in [-0.39, 0.29) is 13.0 Å². The number of ether oxygens (including phenoxy) is 3. The van der Waals surface area contributed by atoms with Crippen molar-refractivity contribution in [1.29, 1.82) is 0 Å². The number of pyridine rings is 1. The number of methoxy groups -OCH3 is 1. The van der Waals surface area contributed by atoms with Crippen LogP contribution in [0.15, 0.2) is 66.7 Å². The minimum Gasteiger partial charge on any atom is -0.497 e. The van der Waals surface area contributed by atoms with Gasteiger partial charge in [-0.3, -0.25) is 4.79 Å². The number of hydrogen-bond acceptors (Lipinski definition) is 7. The fourth-order valence-corrected chi connectivity index (χ4v) is 5.03. The van der Waals surface area contributed by atoms with E-state index in [1.165, 1.54) is 4.90 Å². The highest BCUT2D eigenvalue weighted by Gasteiger charge is 2.46. The molecule has 0 aliphatic carbocycles. The summed E-state index contributed by atoms with van der Waals surface area (Å²) in [6, 6.07) is 18.6. The molecule has 4 rings (SSSR count). The summed E-state index contributed by atoms with van der Waals surface area (Å²) in [6.45, 7) is 10.6. The maximum atomic E-state index is 13.9. The molecule has 1 unspecified atom stereocenters. The highest BCUT2D eigenvalue weighted by atomic mass is 16.6. The number of carbonyl (C=O) groups excluding carboxylic acids is 2. The first-order valence-electron chi connectivity index (χ1n) is 14.6. The third-order valence-corrected chi connectivity index (χ3v) is 7.16. The number of aromatic nitrogens is 1. The van der Waals surface area contributed by atoms with Gasteiger partial charge in [-0.1, -0.05) is 51.1 Å². The van der Waals surface area contributed by atoms with Crippen LogP contribution in [0.25, 0.3) is 22.5 Å². The minimum atomic E-state index is -1.15. The maximum absolute atomic E-state index is 13.9.